The molecule has 0 saturated carbocycles. The number of carbonyl (C=O) groups excluding carboxylic acids is 1. The van der Waals surface area contributed by atoms with Gasteiger partial charge in [0.05, 0.1) is 12.1 Å². The Kier molecular flexibility index (Phi) is 5.66. The highest BCUT2D eigenvalue weighted by molar-refractivity contribution is 5.78. The predicted molar refractivity (Wildman–Crippen MR) is 79.8 cm³/mol. The fraction of sp³-hybridized carbons (Fsp3) is 0.375. The van der Waals surface area contributed by atoms with Crippen LogP contribution in [0.1, 0.15) is 17.9 Å². The van der Waals surface area contributed by atoms with Gasteiger partial charge < -0.3 is 14.5 Å². The highest BCUT2D eigenvalue weighted by atomic mass is 19.1. The summed E-state index contributed by atoms with van der Waals surface area (Å²) in [4.78, 5) is 16.2. The van der Waals surface area contributed by atoms with Crippen LogP contribution in [-0.2, 0) is 16.0 Å². The molecule has 1 aromatic carbocycles. The van der Waals surface area contributed by atoms with E-state index in [1.165, 1.54) is 12.1 Å². The Balaban J connectivity index is 1.98. The van der Waals surface area contributed by atoms with Gasteiger partial charge >= 0.3 is 0 Å². The second-order valence-corrected chi connectivity index (χ2v) is 4.90. The number of aryl methyl sites for hydroxylation is 1. The molecule has 0 bridgehead atoms. The normalized spacial score (nSPS) is 10.7. The van der Waals surface area contributed by atoms with Gasteiger partial charge in [0.25, 0.3) is 0 Å². The van der Waals surface area contributed by atoms with Crippen LogP contribution in [-0.4, -0.2) is 31.2 Å². The van der Waals surface area contributed by atoms with E-state index in [1.807, 2.05) is 0 Å². The molecule has 1 aromatic heterocycles. The summed E-state index contributed by atoms with van der Waals surface area (Å²) in [5.41, 5.74) is 1.26. The van der Waals surface area contributed by atoms with E-state index in [0.717, 1.165) is 6.42 Å². The standard InChI is InChI=1S/C16H19FN2O3/c1-11-14(10-15(20)18-8-3-9-21-2)19-16(22-11)12-4-6-13(17)7-5-12/h4-7H,3,8-10H2,1-2H3,(H,18,20). The van der Waals surface area contributed by atoms with E-state index in [-0.39, 0.29) is 18.1 Å². The van der Waals surface area contributed by atoms with Crippen molar-refractivity contribution in [2.75, 3.05) is 20.3 Å². The van der Waals surface area contributed by atoms with Gasteiger partial charge in [0.1, 0.15) is 11.6 Å². The zero-order chi connectivity index (χ0) is 15.9. The summed E-state index contributed by atoms with van der Waals surface area (Å²) in [6.45, 7) is 2.93. The van der Waals surface area contributed by atoms with E-state index < -0.39 is 0 Å². The molecule has 2 aromatic rings. The molecule has 0 fully saturated rings. The van der Waals surface area contributed by atoms with Gasteiger partial charge in [-0.15, -0.1) is 0 Å². The zero-order valence-electron chi connectivity index (χ0n) is 12.7. The van der Waals surface area contributed by atoms with Crippen molar-refractivity contribution in [3.8, 4) is 11.5 Å². The van der Waals surface area contributed by atoms with Crippen molar-refractivity contribution in [1.82, 2.24) is 10.3 Å². The summed E-state index contributed by atoms with van der Waals surface area (Å²) in [6, 6.07) is 5.87. The molecule has 6 heteroatoms. The van der Waals surface area contributed by atoms with E-state index in [4.69, 9.17) is 9.15 Å². The number of hydrogen-bond acceptors (Lipinski definition) is 4. The first kappa shape index (κ1) is 16.2. The molecule has 0 spiro atoms. The monoisotopic (exact) mass is 306 g/mol. The molecule has 0 aliphatic rings. The number of nitrogens with zero attached hydrogens (tertiary/aromatic N) is 1. The molecular formula is C16H19FN2O3. The maximum atomic E-state index is 12.9. The van der Waals surface area contributed by atoms with Crippen molar-refractivity contribution in [2.24, 2.45) is 0 Å². The van der Waals surface area contributed by atoms with Gasteiger partial charge in [-0.1, -0.05) is 0 Å². The number of benzene rings is 1. The molecule has 1 amide bonds. The average molecular weight is 306 g/mol. The SMILES string of the molecule is COCCCNC(=O)Cc1nc(-c2ccc(F)cc2)oc1C. The molecule has 0 aliphatic carbocycles. The molecule has 0 saturated heterocycles. The highest BCUT2D eigenvalue weighted by Gasteiger charge is 2.14. The Morgan fingerprint density at radius 1 is 1.36 bits per heavy atom. The quantitative estimate of drug-likeness (QED) is 0.798. The van der Waals surface area contributed by atoms with E-state index in [9.17, 15) is 9.18 Å². The lowest BCUT2D eigenvalue weighted by molar-refractivity contribution is -0.120. The largest absolute Gasteiger partial charge is 0.441 e. The lowest BCUT2D eigenvalue weighted by atomic mass is 10.2. The molecule has 1 heterocycles. The van der Waals surface area contributed by atoms with Crippen LogP contribution in [0.3, 0.4) is 0 Å². The molecule has 0 aliphatic heterocycles. The maximum absolute atomic E-state index is 12.9. The first-order chi connectivity index (χ1) is 10.6. The van der Waals surface area contributed by atoms with Crippen molar-refractivity contribution >= 4 is 5.91 Å². The third-order valence-electron chi connectivity index (χ3n) is 3.16. The van der Waals surface area contributed by atoms with Crippen LogP contribution in [0.2, 0.25) is 0 Å². The van der Waals surface area contributed by atoms with Gasteiger partial charge in [0.15, 0.2) is 0 Å². The molecule has 22 heavy (non-hydrogen) atoms. The summed E-state index contributed by atoms with van der Waals surface area (Å²) in [7, 11) is 1.62. The molecule has 5 nitrogen and oxygen atoms in total. The van der Waals surface area contributed by atoms with Gasteiger partial charge in [-0.05, 0) is 37.6 Å². The summed E-state index contributed by atoms with van der Waals surface area (Å²) in [5, 5.41) is 2.80. The first-order valence-electron chi connectivity index (χ1n) is 7.08. The van der Waals surface area contributed by atoms with Crippen LogP contribution in [0.25, 0.3) is 11.5 Å². The van der Waals surface area contributed by atoms with Gasteiger partial charge in [-0.2, -0.15) is 0 Å². The lowest BCUT2D eigenvalue weighted by Crippen LogP contribution is -2.27. The number of oxazole rings is 1. The van der Waals surface area contributed by atoms with Crippen LogP contribution in [0.15, 0.2) is 28.7 Å². The van der Waals surface area contributed by atoms with Gasteiger partial charge in [0, 0.05) is 25.8 Å². The molecule has 2 rings (SSSR count). The Hall–Kier alpha value is -2.21. The summed E-state index contributed by atoms with van der Waals surface area (Å²) < 4.78 is 23.4. The van der Waals surface area contributed by atoms with Gasteiger partial charge in [-0.3, -0.25) is 4.79 Å². The van der Waals surface area contributed by atoms with E-state index in [0.29, 0.717) is 36.1 Å². The Morgan fingerprint density at radius 3 is 2.77 bits per heavy atom. The van der Waals surface area contributed by atoms with E-state index >= 15 is 0 Å². The van der Waals surface area contributed by atoms with Crippen LogP contribution in [0, 0.1) is 12.7 Å². The molecule has 0 unspecified atom stereocenters. The molecule has 118 valence electrons. The molecule has 0 radical (unpaired) electrons. The number of hydrogen-bond donors (Lipinski definition) is 1. The average Bonchev–Trinajstić information content (AvgIpc) is 2.85. The number of rotatable bonds is 7. The van der Waals surface area contributed by atoms with Crippen LogP contribution < -0.4 is 5.32 Å². The van der Waals surface area contributed by atoms with E-state index in [2.05, 4.69) is 10.3 Å². The fourth-order valence-corrected chi connectivity index (χ4v) is 1.97. The first-order valence-corrected chi connectivity index (χ1v) is 7.08. The number of nitrogens with one attached hydrogen (secondary N) is 1. The number of carbonyl (C=O) groups is 1. The van der Waals surface area contributed by atoms with Gasteiger partial charge in [-0.25, -0.2) is 9.37 Å². The van der Waals surface area contributed by atoms with Gasteiger partial charge in [0.2, 0.25) is 11.8 Å². The summed E-state index contributed by atoms with van der Waals surface area (Å²) >= 11 is 0. The Morgan fingerprint density at radius 2 is 2.09 bits per heavy atom. The van der Waals surface area contributed by atoms with Crippen LogP contribution >= 0.6 is 0 Å². The maximum Gasteiger partial charge on any atom is 0.226 e. The van der Waals surface area contributed by atoms with Crippen molar-refractivity contribution < 1.29 is 18.3 Å². The number of methoxy groups -OCH3 is 1. The second kappa shape index (κ2) is 7.70. The molecular weight excluding hydrogens is 287 g/mol. The molecule has 1 N–H and O–H groups in total. The topological polar surface area (TPSA) is 64.4 Å². The summed E-state index contributed by atoms with van der Waals surface area (Å²) in [5.74, 6) is 0.548. The third kappa shape index (κ3) is 4.39. The van der Waals surface area contributed by atoms with Crippen LogP contribution in [0.5, 0.6) is 0 Å². The van der Waals surface area contributed by atoms with Crippen molar-refractivity contribution in [3.05, 3.63) is 41.5 Å². The smallest absolute Gasteiger partial charge is 0.226 e. The predicted octanol–water partition coefficient (Wildman–Crippen LogP) is 2.48. The lowest BCUT2D eigenvalue weighted by Gasteiger charge is -2.03. The van der Waals surface area contributed by atoms with E-state index in [1.54, 1.807) is 26.2 Å². The third-order valence-corrected chi connectivity index (χ3v) is 3.16. The second-order valence-electron chi connectivity index (χ2n) is 4.90. The summed E-state index contributed by atoms with van der Waals surface area (Å²) in [6.07, 6.45) is 0.921. The molecule has 0 atom stereocenters. The van der Waals surface area contributed by atoms with Crippen molar-refractivity contribution in [3.63, 3.8) is 0 Å². The Bertz CT molecular complexity index is 623. The minimum absolute atomic E-state index is 0.113. The number of amides is 1. The number of ether oxygens (including phenoxy) is 1. The minimum atomic E-state index is -0.317. The van der Waals surface area contributed by atoms with Crippen LogP contribution in [0.4, 0.5) is 4.39 Å². The fourth-order valence-electron chi connectivity index (χ4n) is 1.97. The number of aromatic nitrogens is 1. The minimum Gasteiger partial charge on any atom is -0.441 e. The van der Waals surface area contributed by atoms with Crippen molar-refractivity contribution in [1.29, 1.82) is 0 Å². The Labute approximate surface area is 128 Å². The van der Waals surface area contributed by atoms with Crippen molar-refractivity contribution in [2.45, 2.75) is 19.8 Å². The highest BCUT2D eigenvalue weighted by Crippen LogP contribution is 2.22. The number of halogens is 1. The zero-order valence-corrected chi connectivity index (χ0v) is 12.7.